The van der Waals surface area contributed by atoms with Gasteiger partial charge in [0, 0.05) is 41.9 Å². The number of aromatic nitrogens is 2. The second-order valence-corrected chi connectivity index (χ2v) is 6.94. The standard InChI is InChI=1S/C22H24N6O2/c1-16-15-20(28-11-13-30-14-12-28)27-21(23-16)24-18-7-9-19(10-8-18)26-22(29)25-17-5-3-2-4-6-17/h2-10,15H,11-14H2,1H3,(H,23,24,27)(H2,25,26,29). The van der Waals surface area contributed by atoms with Crippen LogP contribution in [0.15, 0.2) is 60.7 Å². The van der Waals surface area contributed by atoms with Gasteiger partial charge in [-0.05, 0) is 43.3 Å². The summed E-state index contributed by atoms with van der Waals surface area (Å²) in [5.74, 6) is 1.43. The lowest BCUT2D eigenvalue weighted by atomic mass is 10.3. The zero-order valence-electron chi connectivity index (χ0n) is 16.8. The van der Waals surface area contributed by atoms with Crippen molar-refractivity contribution in [3.63, 3.8) is 0 Å². The molecule has 0 atom stereocenters. The van der Waals surface area contributed by atoms with Crippen LogP contribution < -0.4 is 20.9 Å². The number of urea groups is 1. The van der Waals surface area contributed by atoms with Gasteiger partial charge in [-0.3, -0.25) is 0 Å². The lowest BCUT2D eigenvalue weighted by Gasteiger charge is -2.28. The van der Waals surface area contributed by atoms with Crippen molar-refractivity contribution in [1.29, 1.82) is 0 Å². The van der Waals surface area contributed by atoms with E-state index in [1.165, 1.54) is 0 Å². The molecule has 1 aliphatic heterocycles. The fourth-order valence-corrected chi connectivity index (χ4v) is 3.14. The molecule has 0 aliphatic carbocycles. The minimum absolute atomic E-state index is 0.293. The van der Waals surface area contributed by atoms with E-state index >= 15 is 0 Å². The molecule has 3 N–H and O–H groups in total. The van der Waals surface area contributed by atoms with Crippen LogP contribution in [0.4, 0.5) is 33.6 Å². The summed E-state index contributed by atoms with van der Waals surface area (Å²) in [5, 5.41) is 8.84. The first-order valence-electron chi connectivity index (χ1n) is 9.84. The van der Waals surface area contributed by atoms with Gasteiger partial charge in [-0.25, -0.2) is 9.78 Å². The van der Waals surface area contributed by atoms with Crippen LogP contribution in [0.3, 0.4) is 0 Å². The Morgan fingerprint density at radius 2 is 1.53 bits per heavy atom. The molecule has 3 aromatic rings. The highest BCUT2D eigenvalue weighted by molar-refractivity contribution is 5.99. The van der Waals surface area contributed by atoms with E-state index < -0.39 is 0 Å². The number of carbonyl (C=O) groups excluding carboxylic acids is 1. The molecule has 0 bridgehead atoms. The van der Waals surface area contributed by atoms with Crippen molar-refractivity contribution >= 4 is 34.9 Å². The summed E-state index contributed by atoms with van der Waals surface area (Å²) in [4.78, 5) is 23.4. The summed E-state index contributed by atoms with van der Waals surface area (Å²) in [6.07, 6.45) is 0. The molecule has 8 heteroatoms. The average molecular weight is 404 g/mol. The van der Waals surface area contributed by atoms with Gasteiger partial charge in [0.1, 0.15) is 5.82 Å². The Kier molecular flexibility index (Phi) is 6.05. The Labute approximate surface area is 175 Å². The van der Waals surface area contributed by atoms with Crippen molar-refractivity contribution in [3.05, 3.63) is 66.4 Å². The number of aryl methyl sites for hydroxylation is 1. The third-order valence-electron chi connectivity index (χ3n) is 4.61. The van der Waals surface area contributed by atoms with Crippen molar-refractivity contribution in [2.75, 3.05) is 47.2 Å². The summed E-state index contributed by atoms with van der Waals surface area (Å²) in [6, 6.07) is 18.4. The third-order valence-corrected chi connectivity index (χ3v) is 4.61. The van der Waals surface area contributed by atoms with Crippen LogP contribution in [0, 0.1) is 6.92 Å². The van der Waals surface area contributed by atoms with Gasteiger partial charge in [0.25, 0.3) is 0 Å². The summed E-state index contributed by atoms with van der Waals surface area (Å²) in [6.45, 7) is 5.01. The highest BCUT2D eigenvalue weighted by Gasteiger charge is 2.14. The molecule has 2 aromatic carbocycles. The topological polar surface area (TPSA) is 91.4 Å². The van der Waals surface area contributed by atoms with E-state index in [1.807, 2.05) is 67.6 Å². The number of anilines is 5. The molecule has 1 aromatic heterocycles. The zero-order valence-corrected chi connectivity index (χ0v) is 16.8. The molecule has 154 valence electrons. The first-order chi connectivity index (χ1) is 14.7. The molecule has 2 heterocycles. The Morgan fingerprint density at radius 3 is 2.23 bits per heavy atom. The number of nitrogens with one attached hydrogen (secondary N) is 3. The molecule has 0 spiro atoms. The van der Waals surface area contributed by atoms with Gasteiger partial charge in [-0.2, -0.15) is 4.98 Å². The van der Waals surface area contributed by atoms with Crippen LogP contribution >= 0.6 is 0 Å². The Bertz CT molecular complexity index is 988. The second kappa shape index (κ2) is 9.23. The lowest BCUT2D eigenvalue weighted by molar-refractivity contribution is 0.122. The normalized spacial score (nSPS) is 13.6. The molecule has 1 saturated heterocycles. The van der Waals surface area contributed by atoms with Crippen LogP contribution in [-0.2, 0) is 4.74 Å². The van der Waals surface area contributed by atoms with Crippen LogP contribution in [0.2, 0.25) is 0 Å². The number of amides is 2. The maximum atomic E-state index is 12.1. The fraction of sp³-hybridized carbons (Fsp3) is 0.227. The highest BCUT2D eigenvalue weighted by atomic mass is 16.5. The molecule has 0 saturated carbocycles. The van der Waals surface area contributed by atoms with Crippen LogP contribution in [0.1, 0.15) is 5.69 Å². The Hall–Kier alpha value is -3.65. The molecule has 0 unspecified atom stereocenters. The van der Waals surface area contributed by atoms with Gasteiger partial charge in [0.2, 0.25) is 5.95 Å². The number of morpholine rings is 1. The number of carbonyl (C=O) groups is 1. The summed E-state index contributed by atoms with van der Waals surface area (Å²) < 4.78 is 5.41. The lowest BCUT2D eigenvalue weighted by Crippen LogP contribution is -2.36. The van der Waals surface area contributed by atoms with E-state index in [9.17, 15) is 4.79 Å². The predicted molar refractivity (Wildman–Crippen MR) is 119 cm³/mol. The van der Waals surface area contributed by atoms with E-state index in [0.29, 0.717) is 24.8 Å². The minimum Gasteiger partial charge on any atom is -0.378 e. The van der Waals surface area contributed by atoms with Crippen molar-refractivity contribution in [1.82, 2.24) is 9.97 Å². The summed E-state index contributed by atoms with van der Waals surface area (Å²) in [5.41, 5.74) is 3.15. The number of hydrogen-bond acceptors (Lipinski definition) is 6. The predicted octanol–water partition coefficient (Wildman–Crippen LogP) is 4.01. The Balaban J connectivity index is 1.38. The van der Waals surface area contributed by atoms with Gasteiger partial charge >= 0.3 is 6.03 Å². The average Bonchev–Trinajstić information content (AvgIpc) is 2.76. The molecule has 1 aliphatic rings. The monoisotopic (exact) mass is 404 g/mol. The Morgan fingerprint density at radius 1 is 0.900 bits per heavy atom. The number of hydrogen-bond donors (Lipinski definition) is 3. The fourth-order valence-electron chi connectivity index (χ4n) is 3.14. The summed E-state index contributed by atoms with van der Waals surface area (Å²) >= 11 is 0. The molecular weight excluding hydrogens is 380 g/mol. The SMILES string of the molecule is Cc1cc(N2CCOCC2)nc(Nc2ccc(NC(=O)Nc3ccccc3)cc2)n1. The van der Waals surface area contributed by atoms with Crippen molar-refractivity contribution in [2.24, 2.45) is 0 Å². The smallest absolute Gasteiger partial charge is 0.323 e. The first kappa shape index (κ1) is 19.7. The molecule has 1 fully saturated rings. The molecular formula is C22H24N6O2. The number of ether oxygens (including phenoxy) is 1. The molecule has 0 radical (unpaired) electrons. The van der Waals surface area contributed by atoms with E-state index in [1.54, 1.807) is 0 Å². The number of para-hydroxylation sites is 1. The van der Waals surface area contributed by atoms with Crippen molar-refractivity contribution in [3.8, 4) is 0 Å². The van der Waals surface area contributed by atoms with Gasteiger partial charge in [-0.1, -0.05) is 18.2 Å². The number of benzene rings is 2. The molecule has 2 amide bonds. The third kappa shape index (κ3) is 5.24. The van der Waals surface area contributed by atoms with E-state index in [0.717, 1.165) is 36.0 Å². The van der Waals surface area contributed by atoms with Crippen LogP contribution in [0.25, 0.3) is 0 Å². The second-order valence-electron chi connectivity index (χ2n) is 6.94. The van der Waals surface area contributed by atoms with E-state index in [4.69, 9.17) is 4.74 Å². The van der Waals surface area contributed by atoms with Gasteiger partial charge in [0.05, 0.1) is 13.2 Å². The van der Waals surface area contributed by atoms with Gasteiger partial charge in [-0.15, -0.1) is 0 Å². The minimum atomic E-state index is -0.293. The van der Waals surface area contributed by atoms with Gasteiger partial charge in [0.15, 0.2) is 0 Å². The van der Waals surface area contributed by atoms with Crippen LogP contribution in [-0.4, -0.2) is 42.3 Å². The quantitative estimate of drug-likeness (QED) is 0.595. The molecule has 8 nitrogen and oxygen atoms in total. The molecule has 4 rings (SSSR count). The maximum absolute atomic E-state index is 12.1. The number of nitrogens with zero attached hydrogens (tertiary/aromatic N) is 3. The highest BCUT2D eigenvalue weighted by Crippen LogP contribution is 2.21. The van der Waals surface area contributed by atoms with Crippen molar-refractivity contribution in [2.45, 2.75) is 6.92 Å². The number of rotatable bonds is 5. The zero-order chi connectivity index (χ0) is 20.8. The van der Waals surface area contributed by atoms with E-state index in [2.05, 4.69) is 30.8 Å². The first-order valence-corrected chi connectivity index (χ1v) is 9.84. The van der Waals surface area contributed by atoms with E-state index in [-0.39, 0.29) is 6.03 Å². The summed E-state index contributed by atoms with van der Waals surface area (Å²) in [7, 11) is 0. The van der Waals surface area contributed by atoms with Crippen molar-refractivity contribution < 1.29 is 9.53 Å². The maximum Gasteiger partial charge on any atom is 0.323 e. The molecule has 30 heavy (non-hydrogen) atoms. The largest absolute Gasteiger partial charge is 0.378 e. The van der Waals surface area contributed by atoms with Crippen LogP contribution in [0.5, 0.6) is 0 Å². The van der Waals surface area contributed by atoms with Gasteiger partial charge < -0.3 is 25.6 Å².